The molecule has 176 valence electrons. The van der Waals surface area contributed by atoms with Gasteiger partial charge in [-0.15, -0.1) is 0 Å². The van der Waals surface area contributed by atoms with Crippen LogP contribution in [-0.4, -0.2) is 20.2 Å². The Morgan fingerprint density at radius 1 is 0.571 bits per heavy atom. The van der Waals surface area contributed by atoms with Crippen molar-refractivity contribution in [3.8, 4) is 0 Å². The van der Waals surface area contributed by atoms with Crippen molar-refractivity contribution in [1.29, 1.82) is 0 Å². The summed E-state index contributed by atoms with van der Waals surface area (Å²) in [5, 5.41) is 5.18. The van der Waals surface area contributed by atoms with E-state index in [1.807, 2.05) is 0 Å². The normalized spacial score (nSPS) is 11.0. The van der Waals surface area contributed by atoms with Gasteiger partial charge in [-0.25, -0.2) is 17.2 Å². The number of carbonyl (C=O) groups excluding carboxylic acids is 2. The van der Waals surface area contributed by atoms with Gasteiger partial charge in [0.25, 0.3) is 11.8 Å². The third kappa shape index (κ3) is 5.59. The maximum Gasteiger partial charge on any atom is 0.255 e. The molecule has 0 saturated heterocycles. The van der Waals surface area contributed by atoms with Crippen LogP contribution in [0.4, 0.5) is 20.2 Å². The van der Waals surface area contributed by atoms with E-state index in [1.165, 1.54) is 72.8 Å². The number of nitrogens with one attached hydrogen (secondary N) is 2. The number of benzene rings is 4. The lowest BCUT2D eigenvalue weighted by Crippen LogP contribution is -2.13. The predicted molar refractivity (Wildman–Crippen MR) is 127 cm³/mol. The molecule has 0 aliphatic carbocycles. The minimum Gasteiger partial charge on any atom is -0.322 e. The van der Waals surface area contributed by atoms with Gasteiger partial charge < -0.3 is 10.6 Å². The molecule has 4 aromatic carbocycles. The van der Waals surface area contributed by atoms with E-state index in [1.54, 1.807) is 0 Å². The van der Waals surface area contributed by atoms with Gasteiger partial charge in [-0.3, -0.25) is 9.59 Å². The fourth-order valence-corrected chi connectivity index (χ4v) is 4.58. The molecular weight excluding hydrogens is 474 g/mol. The first-order chi connectivity index (χ1) is 16.7. The highest BCUT2D eigenvalue weighted by Crippen LogP contribution is 2.26. The van der Waals surface area contributed by atoms with Gasteiger partial charge in [-0.2, -0.15) is 0 Å². The van der Waals surface area contributed by atoms with Gasteiger partial charge in [0.05, 0.1) is 9.79 Å². The molecule has 0 heterocycles. The Morgan fingerprint density at radius 2 is 0.943 bits per heavy atom. The van der Waals surface area contributed by atoms with E-state index < -0.39 is 33.3 Å². The van der Waals surface area contributed by atoms with Crippen LogP contribution in [-0.2, 0) is 9.84 Å². The molecule has 0 aromatic heterocycles. The molecule has 0 aliphatic rings. The van der Waals surface area contributed by atoms with Gasteiger partial charge in [0, 0.05) is 22.5 Å². The molecular formula is C26H18F2N2O4S. The molecule has 0 fully saturated rings. The Hall–Kier alpha value is -4.37. The molecule has 0 bridgehead atoms. The molecule has 4 aromatic rings. The minimum atomic E-state index is -4.00. The highest BCUT2D eigenvalue weighted by atomic mass is 32.2. The Labute approximate surface area is 200 Å². The van der Waals surface area contributed by atoms with Crippen LogP contribution < -0.4 is 10.6 Å². The lowest BCUT2D eigenvalue weighted by atomic mass is 10.2. The highest BCUT2D eigenvalue weighted by Gasteiger charge is 2.19. The van der Waals surface area contributed by atoms with E-state index in [0.29, 0.717) is 0 Å². The topological polar surface area (TPSA) is 92.3 Å². The number of rotatable bonds is 6. The van der Waals surface area contributed by atoms with E-state index in [-0.39, 0.29) is 32.3 Å². The molecule has 4 rings (SSSR count). The lowest BCUT2D eigenvalue weighted by molar-refractivity contribution is 0.101. The quantitative estimate of drug-likeness (QED) is 0.382. The summed E-state index contributed by atoms with van der Waals surface area (Å²) in [5.74, 6) is -2.01. The molecule has 2 amide bonds. The summed E-state index contributed by atoms with van der Waals surface area (Å²) in [6.07, 6.45) is 0. The molecule has 0 radical (unpaired) electrons. The van der Waals surface area contributed by atoms with Crippen molar-refractivity contribution >= 4 is 33.0 Å². The van der Waals surface area contributed by atoms with Crippen molar-refractivity contribution in [1.82, 2.24) is 0 Å². The highest BCUT2D eigenvalue weighted by molar-refractivity contribution is 7.91. The zero-order valence-corrected chi connectivity index (χ0v) is 18.9. The summed E-state index contributed by atoms with van der Waals surface area (Å²) in [6, 6.07) is 21.3. The third-order valence-electron chi connectivity index (χ3n) is 5.02. The molecule has 0 aliphatic heterocycles. The maximum atomic E-state index is 13.2. The number of carbonyl (C=O) groups is 2. The average Bonchev–Trinajstić information content (AvgIpc) is 2.85. The summed E-state index contributed by atoms with van der Waals surface area (Å²) in [5.41, 5.74) is 0.899. The minimum absolute atomic E-state index is 0.0728. The lowest BCUT2D eigenvalue weighted by Gasteiger charge is -2.11. The molecule has 0 spiro atoms. The van der Waals surface area contributed by atoms with E-state index in [0.717, 1.165) is 24.3 Å². The average molecular weight is 493 g/mol. The Bertz CT molecular complexity index is 1390. The van der Waals surface area contributed by atoms with Crippen LogP contribution in [0.3, 0.4) is 0 Å². The smallest absolute Gasteiger partial charge is 0.255 e. The summed E-state index contributed by atoms with van der Waals surface area (Å²) in [6.45, 7) is 0. The fraction of sp³-hybridized carbons (Fsp3) is 0. The predicted octanol–water partition coefficient (Wildman–Crippen LogP) is 5.30. The van der Waals surface area contributed by atoms with Gasteiger partial charge in [-0.1, -0.05) is 12.1 Å². The molecule has 0 saturated carbocycles. The van der Waals surface area contributed by atoms with E-state index in [2.05, 4.69) is 10.6 Å². The maximum absolute atomic E-state index is 13.2. The van der Waals surface area contributed by atoms with Crippen molar-refractivity contribution in [2.75, 3.05) is 10.6 Å². The van der Waals surface area contributed by atoms with Crippen LogP contribution in [0, 0.1) is 11.6 Å². The van der Waals surface area contributed by atoms with Crippen LogP contribution in [0.25, 0.3) is 0 Å². The SMILES string of the molecule is O=C(Nc1cccc(S(=O)(=O)c2cccc(NC(=O)c3ccc(F)cc3)c2)c1)c1ccc(F)cc1. The first-order valence-corrected chi connectivity index (χ1v) is 11.8. The molecule has 6 nitrogen and oxygen atoms in total. The first kappa shape index (κ1) is 23.8. The number of anilines is 2. The van der Waals surface area contributed by atoms with Crippen LogP contribution in [0.5, 0.6) is 0 Å². The second kappa shape index (κ2) is 9.86. The zero-order chi connectivity index (χ0) is 25.0. The van der Waals surface area contributed by atoms with Crippen LogP contribution in [0.1, 0.15) is 20.7 Å². The summed E-state index contributed by atoms with van der Waals surface area (Å²) in [4.78, 5) is 24.6. The van der Waals surface area contributed by atoms with Gasteiger partial charge >= 0.3 is 0 Å². The number of amides is 2. The summed E-state index contributed by atoms with van der Waals surface area (Å²) < 4.78 is 52.6. The largest absolute Gasteiger partial charge is 0.322 e. The zero-order valence-electron chi connectivity index (χ0n) is 18.0. The molecule has 0 unspecified atom stereocenters. The van der Waals surface area contributed by atoms with Crippen molar-refractivity contribution in [3.05, 3.63) is 120 Å². The van der Waals surface area contributed by atoms with Crippen molar-refractivity contribution in [2.45, 2.75) is 9.79 Å². The number of sulfone groups is 1. The number of halogens is 2. The van der Waals surface area contributed by atoms with Gasteiger partial charge in [-0.05, 0) is 84.9 Å². The second-order valence-electron chi connectivity index (χ2n) is 7.48. The van der Waals surface area contributed by atoms with E-state index in [9.17, 15) is 26.8 Å². The number of hydrogen-bond acceptors (Lipinski definition) is 4. The van der Waals surface area contributed by atoms with Crippen LogP contribution >= 0.6 is 0 Å². The standard InChI is InChI=1S/C26H18F2N2O4S/c27-19-11-7-17(8-12-19)25(31)29-21-3-1-5-23(15-21)35(33,34)24-6-2-4-22(16-24)30-26(32)18-9-13-20(28)14-10-18/h1-16H,(H,29,31)(H,30,32). The molecule has 35 heavy (non-hydrogen) atoms. The third-order valence-corrected chi connectivity index (χ3v) is 6.77. The Morgan fingerprint density at radius 3 is 1.31 bits per heavy atom. The Kier molecular flexibility index (Phi) is 6.70. The molecule has 9 heteroatoms. The van der Waals surface area contributed by atoms with Gasteiger partial charge in [0.1, 0.15) is 11.6 Å². The van der Waals surface area contributed by atoms with Crippen molar-refractivity contribution in [2.24, 2.45) is 0 Å². The summed E-state index contributed by atoms with van der Waals surface area (Å²) >= 11 is 0. The van der Waals surface area contributed by atoms with Gasteiger partial charge in [0.15, 0.2) is 0 Å². The fourth-order valence-electron chi connectivity index (χ4n) is 3.23. The van der Waals surface area contributed by atoms with E-state index in [4.69, 9.17) is 0 Å². The van der Waals surface area contributed by atoms with E-state index >= 15 is 0 Å². The van der Waals surface area contributed by atoms with Crippen LogP contribution in [0.2, 0.25) is 0 Å². The van der Waals surface area contributed by atoms with Crippen molar-refractivity contribution in [3.63, 3.8) is 0 Å². The molecule has 2 N–H and O–H groups in total. The summed E-state index contributed by atoms with van der Waals surface area (Å²) in [7, 11) is -4.00. The van der Waals surface area contributed by atoms with Crippen LogP contribution in [0.15, 0.2) is 107 Å². The van der Waals surface area contributed by atoms with Gasteiger partial charge in [0.2, 0.25) is 9.84 Å². The second-order valence-corrected chi connectivity index (χ2v) is 9.43. The Balaban J connectivity index is 1.54. The molecule has 0 atom stereocenters. The monoisotopic (exact) mass is 492 g/mol. The van der Waals surface area contributed by atoms with Crippen molar-refractivity contribution < 1.29 is 26.8 Å². The first-order valence-electron chi connectivity index (χ1n) is 10.3. The number of hydrogen-bond donors (Lipinski definition) is 2.